The van der Waals surface area contributed by atoms with Gasteiger partial charge >= 0.3 is 0 Å². The first kappa shape index (κ1) is 24.0. The summed E-state index contributed by atoms with van der Waals surface area (Å²) < 4.78 is 5.95. The number of benzene rings is 3. The van der Waals surface area contributed by atoms with Gasteiger partial charge in [-0.15, -0.1) is 0 Å². The maximum Gasteiger partial charge on any atom is 0.258 e. The highest BCUT2D eigenvalue weighted by Crippen LogP contribution is 2.28. The van der Waals surface area contributed by atoms with Gasteiger partial charge in [-0.25, -0.2) is 0 Å². The highest BCUT2D eigenvalue weighted by Gasteiger charge is 2.39. The number of nitrogens with one attached hydrogen (secondary N) is 1. The predicted octanol–water partition coefficient (Wildman–Crippen LogP) is 3.55. The fourth-order valence-corrected chi connectivity index (χ4v) is 3.96. The SMILES string of the molecule is CO/N=C1\C[C@@H](C(=O)NC[C@@H](O)c2ccccc2)N(C(=O)c2ccccc2Oc2ccccc2)C1. The molecular weight excluding hydrogens is 446 g/mol. The zero-order chi connectivity index (χ0) is 24.6. The van der Waals surface area contributed by atoms with Gasteiger partial charge in [0.2, 0.25) is 5.91 Å². The van der Waals surface area contributed by atoms with Gasteiger partial charge in [-0.2, -0.15) is 0 Å². The number of nitrogens with zero attached hydrogens (tertiary/aromatic N) is 2. The van der Waals surface area contributed by atoms with Gasteiger partial charge in [0.25, 0.3) is 5.91 Å². The van der Waals surface area contributed by atoms with E-state index in [9.17, 15) is 14.7 Å². The molecule has 0 radical (unpaired) electrons. The number of aliphatic hydroxyl groups is 1. The van der Waals surface area contributed by atoms with E-state index in [0.29, 0.717) is 28.3 Å². The molecule has 1 aliphatic rings. The molecule has 1 heterocycles. The van der Waals surface area contributed by atoms with Gasteiger partial charge < -0.3 is 24.9 Å². The van der Waals surface area contributed by atoms with Crippen molar-refractivity contribution in [1.29, 1.82) is 0 Å². The topological polar surface area (TPSA) is 100 Å². The number of carbonyl (C=O) groups is 2. The molecule has 4 rings (SSSR count). The smallest absolute Gasteiger partial charge is 0.258 e. The number of ether oxygens (including phenoxy) is 1. The Morgan fingerprint density at radius 2 is 1.69 bits per heavy atom. The summed E-state index contributed by atoms with van der Waals surface area (Å²) in [4.78, 5) is 33.1. The second-order valence-corrected chi connectivity index (χ2v) is 8.08. The van der Waals surface area contributed by atoms with Gasteiger partial charge in [0.05, 0.1) is 23.9 Å². The van der Waals surface area contributed by atoms with Gasteiger partial charge in [0, 0.05) is 13.0 Å². The molecule has 3 aromatic carbocycles. The van der Waals surface area contributed by atoms with Gasteiger partial charge in [0.15, 0.2) is 0 Å². The van der Waals surface area contributed by atoms with Crippen molar-refractivity contribution in [3.63, 3.8) is 0 Å². The first-order chi connectivity index (χ1) is 17.1. The van der Waals surface area contributed by atoms with E-state index in [1.54, 1.807) is 48.5 Å². The third kappa shape index (κ3) is 5.85. The Hall–Kier alpha value is -4.17. The highest BCUT2D eigenvalue weighted by molar-refractivity contribution is 6.06. The van der Waals surface area contributed by atoms with Crippen molar-refractivity contribution in [2.45, 2.75) is 18.6 Å². The first-order valence-corrected chi connectivity index (χ1v) is 11.3. The Labute approximate surface area is 203 Å². The van der Waals surface area contributed by atoms with E-state index in [0.717, 1.165) is 0 Å². The summed E-state index contributed by atoms with van der Waals surface area (Å²) in [6, 6.07) is 24.3. The number of oxime groups is 1. The maximum atomic E-state index is 13.6. The lowest BCUT2D eigenvalue weighted by molar-refractivity contribution is -0.125. The van der Waals surface area contributed by atoms with Crippen molar-refractivity contribution >= 4 is 17.5 Å². The zero-order valence-corrected chi connectivity index (χ0v) is 19.3. The maximum absolute atomic E-state index is 13.6. The van der Waals surface area contributed by atoms with E-state index in [1.807, 2.05) is 36.4 Å². The standard InChI is InChI=1S/C27H27N3O5/c1-34-29-20-16-23(26(32)28-17-24(31)19-10-4-2-5-11-19)30(18-20)27(33)22-14-8-9-15-25(22)35-21-12-6-3-7-13-21/h2-15,23-24,31H,16-18H2,1H3,(H,28,32)/b29-20+/t23-,24+/m0/s1. The molecule has 8 heteroatoms. The van der Waals surface area contributed by atoms with Gasteiger partial charge in [-0.05, 0) is 29.8 Å². The minimum Gasteiger partial charge on any atom is -0.457 e. The Bertz CT molecular complexity index is 1180. The predicted molar refractivity (Wildman–Crippen MR) is 131 cm³/mol. The van der Waals surface area contributed by atoms with Crippen LogP contribution in [0.15, 0.2) is 90.1 Å². The van der Waals surface area contributed by atoms with Gasteiger partial charge in [-0.1, -0.05) is 65.8 Å². The van der Waals surface area contributed by atoms with Crippen molar-refractivity contribution < 1.29 is 24.3 Å². The fourth-order valence-electron chi connectivity index (χ4n) is 3.96. The number of rotatable bonds is 8. The van der Waals surface area contributed by atoms with Crippen LogP contribution < -0.4 is 10.1 Å². The molecule has 0 saturated carbocycles. The molecule has 0 bridgehead atoms. The Kier molecular flexibility index (Phi) is 7.74. The molecule has 35 heavy (non-hydrogen) atoms. The summed E-state index contributed by atoms with van der Waals surface area (Å²) in [6.07, 6.45) is -0.632. The molecule has 1 fully saturated rings. The lowest BCUT2D eigenvalue weighted by atomic mass is 10.1. The molecule has 8 nitrogen and oxygen atoms in total. The van der Waals surface area contributed by atoms with Crippen LogP contribution in [0.4, 0.5) is 0 Å². The van der Waals surface area contributed by atoms with E-state index in [1.165, 1.54) is 12.0 Å². The second kappa shape index (κ2) is 11.3. The number of para-hydroxylation sites is 2. The lowest BCUT2D eigenvalue weighted by Crippen LogP contribution is -2.46. The Balaban J connectivity index is 1.52. The third-order valence-corrected chi connectivity index (χ3v) is 5.68. The van der Waals surface area contributed by atoms with Gasteiger partial charge in [-0.3, -0.25) is 9.59 Å². The number of hydrogen-bond acceptors (Lipinski definition) is 6. The van der Waals surface area contributed by atoms with Crippen molar-refractivity contribution in [2.24, 2.45) is 5.16 Å². The van der Waals surface area contributed by atoms with Crippen LogP contribution in [0.3, 0.4) is 0 Å². The van der Waals surface area contributed by atoms with Crippen LogP contribution >= 0.6 is 0 Å². The van der Waals surface area contributed by atoms with Crippen LogP contribution in [-0.2, 0) is 9.63 Å². The Morgan fingerprint density at radius 1 is 1.03 bits per heavy atom. The molecule has 2 atom stereocenters. The third-order valence-electron chi connectivity index (χ3n) is 5.68. The summed E-state index contributed by atoms with van der Waals surface area (Å²) in [7, 11) is 1.42. The van der Waals surface area contributed by atoms with Crippen LogP contribution in [0.2, 0.25) is 0 Å². The van der Waals surface area contributed by atoms with E-state index in [4.69, 9.17) is 9.57 Å². The number of carbonyl (C=O) groups excluding carboxylic acids is 2. The number of hydrogen-bond donors (Lipinski definition) is 2. The molecule has 1 saturated heterocycles. The van der Waals surface area contributed by atoms with E-state index >= 15 is 0 Å². The van der Waals surface area contributed by atoms with Crippen LogP contribution in [-0.4, -0.2) is 53.8 Å². The Morgan fingerprint density at radius 3 is 2.40 bits per heavy atom. The molecule has 0 unspecified atom stereocenters. The quantitative estimate of drug-likeness (QED) is 0.488. The van der Waals surface area contributed by atoms with Crippen molar-refractivity contribution in [2.75, 3.05) is 20.2 Å². The molecule has 0 spiro atoms. The summed E-state index contributed by atoms with van der Waals surface area (Å²) in [5.74, 6) is 0.247. The number of likely N-dealkylation sites (tertiary alicyclic amines) is 1. The van der Waals surface area contributed by atoms with Crippen LogP contribution in [0.5, 0.6) is 11.5 Å². The molecule has 2 N–H and O–H groups in total. The second-order valence-electron chi connectivity index (χ2n) is 8.08. The molecular formula is C27H27N3O5. The molecule has 2 amide bonds. The van der Waals surface area contributed by atoms with E-state index in [2.05, 4.69) is 10.5 Å². The number of amides is 2. The average Bonchev–Trinajstić information content (AvgIpc) is 3.32. The van der Waals surface area contributed by atoms with Crippen molar-refractivity contribution in [3.05, 3.63) is 96.1 Å². The summed E-state index contributed by atoms with van der Waals surface area (Å²) in [5, 5.41) is 17.2. The largest absolute Gasteiger partial charge is 0.457 e. The fraction of sp³-hybridized carbons (Fsp3) is 0.222. The van der Waals surface area contributed by atoms with Crippen LogP contribution in [0.1, 0.15) is 28.4 Å². The molecule has 0 aromatic heterocycles. The summed E-state index contributed by atoms with van der Waals surface area (Å²) in [6.45, 7) is 0.164. The number of aliphatic hydroxyl groups excluding tert-OH is 1. The first-order valence-electron chi connectivity index (χ1n) is 11.3. The zero-order valence-electron chi connectivity index (χ0n) is 19.3. The van der Waals surface area contributed by atoms with Crippen LogP contribution in [0.25, 0.3) is 0 Å². The van der Waals surface area contributed by atoms with Gasteiger partial charge in [0.1, 0.15) is 24.7 Å². The normalized spacial score (nSPS) is 17.1. The van der Waals surface area contributed by atoms with E-state index < -0.39 is 12.1 Å². The molecule has 0 aliphatic carbocycles. The van der Waals surface area contributed by atoms with E-state index in [-0.39, 0.29) is 31.3 Å². The molecule has 1 aliphatic heterocycles. The summed E-state index contributed by atoms with van der Waals surface area (Å²) in [5.41, 5.74) is 1.60. The molecule has 180 valence electrons. The minimum absolute atomic E-state index is 0.0197. The summed E-state index contributed by atoms with van der Waals surface area (Å²) >= 11 is 0. The monoisotopic (exact) mass is 473 g/mol. The molecule has 3 aromatic rings. The minimum atomic E-state index is -0.863. The highest BCUT2D eigenvalue weighted by atomic mass is 16.6. The lowest BCUT2D eigenvalue weighted by Gasteiger charge is -2.25. The van der Waals surface area contributed by atoms with Crippen molar-refractivity contribution in [1.82, 2.24) is 10.2 Å². The van der Waals surface area contributed by atoms with Crippen molar-refractivity contribution in [3.8, 4) is 11.5 Å². The average molecular weight is 474 g/mol. The van der Waals surface area contributed by atoms with Crippen LogP contribution in [0, 0.1) is 0 Å².